The Labute approximate surface area is 96.7 Å². The topological polar surface area (TPSA) is 39.1 Å². The van der Waals surface area contributed by atoms with E-state index in [1.807, 2.05) is 12.1 Å². The van der Waals surface area contributed by atoms with Crippen molar-refractivity contribution in [2.45, 2.75) is 13.0 Å². The molecular formula is C13H17N3. The molecule has 0 bridgehead atoms. The lowest BCUT2D eigenvalue weighted by molar-refractivity contribution is 0.207. The highest BCUT2D eigenvalue weighted by Crippen LogP contribution is 2.20. The third kappa shape index (κ3) is 2.41. The fourth-order valence-electron chi connectivity index (χ4n) is 2.15. The smallest absolute Gasteiger partial charge is 0.123 e. The second-order valence-electron chi connectivity index (χ2n) is 4.23. The first-order valence-electron chi connectivity index (χ1n) is 5.72. The van der Waals surface area contributed by atoms with Gasteiger partial charge in [-0.25, -0.2) is 0 Å². The predicted octanol–water partition coefficient (Wildman–Crippen LogP) is 1.46. The van der Waals surface area contributed by atoms with Crippen LogP contribution in [0.5, 0.6) is 0 Å². The highest BCUT2D eigenvalue weighted by molar-refractivity contribution is 5.28. The molecule has 0 radical (unpaired) electrons. The number of piperazine rings is 1. The van der Waals surface area contributed by atoms with Crippen molar-refractivity contribution in [1.29, 1.82) is 5.26 Å². The molecule has 3 nitrogen and oxygen atoms in total. The number of nitriles is 1. The molecule has 1 aromatic rings. The molecule has 1 saturated heterocycles. The molecule has 0 aromatic heterocycles. The van der Waals surface area contributed by atoms with Gasteiger partial charge in [-0.2, -0.15) is 5.26 Å². The van der Waals surface area contributed by atoms with Crippen LogP contribution in [0.1, 0.15) is 17.2 Å². The lowest BCUT2D eigenvalue weighted by Gasteiger charge is -2.31. The lowest BCUT2D eigenvalue weighted by atomic mass is 10.0. The van der Waals surface area contributed by atoms with Crippen molar-refractivity contribution < 1.29 is 0 Å². The number of hydrogen-bond acceptors (Lipinski definition) is 3. The quantitative estimate of drug-likeness (QED) is 0.812. The summed E-state index contributed by atoms with van der Waals surface area (Å²) in [6, 6.07) is 10.6. The minimum absolute atomic E-state index is 0.0954. The molecule has 0 aliphatic carbocycles. The van der Waals surface area contributed by atoms with Gasteiger partial charge in [-0.1, -0.05) is 29.8 Å². The van der Waals surface area contributed by atoms with Crippen LogP contribution in [0, 0.1) is 18.3 Å². The molecule has 16 heavy (non-hydrogen) atoms. The Hall–Kier alpha value is -1.37. The van der Waals surface area contributed by atoms with Crippen LogP contribution in [-0.2, 0) is 0 Å². The van der Waals surface area contributed by atoms with Crippen LogP contribution >= 0.6 is 0 Å². The summed E-state index contributed by atoms with van der Waals surface area (Å²) in [6.45, 7) is 5.92. The predicted molar refractivity (Wildman–Crippen MR) is 64.0 cm³/mol. The van der Waals surface area contributed by atoms with Gasteiger partial charge in [-0.15, -0.1) is 0 Å². The Morgan fingerprint density at radius 3 is 2.75 bits per heavy atom. The maximum atomic E-state index is 9.31. The van der Waals surface area contributed by atoms with E-state index in [2.05, 4.69) is 35.3 Å². The monoisotopic (exact) mass is 215 g/mol. The summed E-state index contributed by atoms with van der Waals surface area (Å²) in [5.41, 5.74) is 2.33. The summed E-state index contributed by atoms with van der Waals surface area (Å²) < 4.78 is 0. The molecule has 1 atom stereocenters. The zero-order valence-electron chi connectivity index (χ0n) is 9.61. The van der Waals surface area contributed by atoms with E-state index in [1.165, 1.54) is 5.56 Å². The number of benzene rings is 1. The summed E-state index contributed by atoms with van der Waals surface area (Å²) in [7, 11) is 0. The fourth-order valence-corrected chi connectivity index (χ4v) is 2.15. The van der Waals surface area contributed by atoms with E-state index in [0.717, 1.165) is 31.7 Å². The molecule has 1 N–H and O–H groups in total. The maximum Gasteiger partial charge on any atom is 0.123 e. The summed E-state index contributed by atoms with van der Waals surface area (Å²) >= 11 is 0. The second kappa shape index (κ2) is 5.11. The number of aryl methyl sites for hydroxylation is 1. The average Bonchev–Trinajstić information content (AvgIpc) is 2.31. The standard InChI is InChI=1S/C13H17N3/c1-11-3-2-4-12(9-11)13(10-14)16-7-5-15-6-8-16/h2-4,9,13,15H,5-8H2,1H3. The van der Waals surface area contributed by atoms with Gasteiger partial charge >= 0.3 is 0 Å². The van der Waals surface area contributed by atoms with Gasteiger partial charge in [0, 0.05) is 26.2 Å². The van der Waals surface area contributed by atoms with Gasteiger partial charge in [-0.05, 0) is 12.5 Å². The number of nitrogens with zero attached hydrogens (tertiary/aromatic N) is 2. The Bertz CT molecular complexity index is 388. The van der Waals surface area contributed by atoms with Gasteiger partial charge in [0.1, 0.15) is 6.04 Å². The highest BCUT2D eigenvalue weighted by Gasteiger charge is 2.21. The summed E-state index contributed by atoms with van der Waals surface area (Å²) in [5.74, 6) is 0. The van der Waals surface area contributed by atoms with Crippen LogP contribution in [-0.4, -0.2) is 31.1 Å². The number of hydrogen-bond donors (Lipinski definition) is 1. The van der Waals surface area contributed by atoms with Crippen molar-refractivity contribution in [3.63, 3.8) is 0 Å². The van der Waals surface area contributed by atoms with E-state index in [-0.39, 0.29) is 6.04 Å². The molecule has 0 amide bonds. The molecule has 84 valence electrons. The zero-order chi connectivity index (χ0) is 11.4. The second-order valence-corrected chi connectivity index (χ2v) is 4.23. The largest absolute Gasteiger partial charge is 0.314 e. The molecule has 1 fully saturated rings. The van der Waals surface area contributed by atoms with Crippen LogP contribution < -0.4 is 5.32 Å². The van der Waals surface area contributed by atoms with Crippen molar-refractivity contribution >= 4 is 0 Å². The number of nitrogens with one attached hydrogen (secondary N) is 1. The zero-order valence-corrected chi connectivity index (χ0v) is 9.61. The van der Waals surface area contributed by atoms with Crippen molar-refractivity contribution in [1.82, 2.24) is 10.2 Å². The SMILES string of the molecule is Cc1cccc(C(C#N)N2CCNCC2)c1. The normalized spacial score (nSPS) is 19.0. The fraction of sp³-hybridized carbons (Fsp3) is 0.462. The van der Waals surface area contributed by atoms with E-state index >= 15 is 0 Å². The van der Waals surface area contributed by atoms with E-state index in [4.69, 9.17) is 0 Å². The van der Waals surface area contributed by atoms with Gasteiger partial charge < -0.3 is 5.32 Å². The van der Waals surface area contributed by atoms with Crippen molar-refractivity contribution in [3.05, 3.63) is 35.4 Å². The molecule has 0 spiro atoms. The first-order chi connectivity index (χ1) is 7.81. The van der Waals surface area contributed by atoms with Gasteiger partial charge in [0.05, 0.1) is 6.07 Å². The minimum atomic E-state index is -0.0954. The van der Waals surface area contributed by atoms with Crippen LogP contribution in [0.15, 0.2) is 24.3 Å². The Morgan fingerprint density at radius 2 is 2.12 bits per heavy atom. The molecule has 1 unspecified atom stereocenters. The first-order valence-corrected chi connectivity index (χ1v) is 5.72. The van der Waals surface area contributed by atoms with Crippen molar-refractivity contribution in [2.75, 3.05) is 26.2 Å². The van der Waals surface area contributed by atoms with Crippen LogP contribution in [0.4, 0.5) is 0 Å². The van der Waals surface area contributed by atoms with E-state index < -0.39 is 0 Å². The van der Waals surface area contributed by atoms with Gasteiger partial charge in [0.25, 0.3) is 0 Å². The third-order valence-electron chi connectivity index (χ3n) is 3.00. The van der Waals surface area contributed by atoms with E-state index in [1.54, 1.807) is 0 Å². The summed E-state index contributed by atoms with van der Waals surface area (Å²) in [6.07, 6.45) is 0. The van der Waals surface area contributed by atoms with Crippen LogP contribution in [0.3, 0.4) is 0 Å². The van der Waals surface area contributed by atoms with Crippen molar-refractivity contribution in [3.8, 4) is 6.07 Å². The molecule has 1 aliphatic rings. The molecule has 3 heteroatoms. The van der Waals surface area contributed by atoms with Gasteiger partial charge in [0.15, 0.2) is 0 Å². The molecular weight excluding hydrogens is 198 g/mol. The molecule has 0 saturated carbocycles. The molecule has 1 aliphatic heterocycles. The van der Waals surface area contributed by atoms with Gasteiger partial charge in [0.2, 0.25) is 0 Å². The third-order valence-corrected chi connectivity index (χ3v) is 3.00. The Kier molecular flexibility index (Phi) is 3.55. The van der Waals surface area contributed by atoms with Crippen molar-refractivity contribution in [2.24, 2.45) is 0 Å². The summed E-state index contributed by atoms with van der Waals surface area (Å²) in [5, 5.41) is 12.6. The first kappa shape index (κ1) is 11.1. The molecule has 1 aromatic carbocycles. The van der Waals surface area contributed by atoms with Crippen LogP contribution in [0.25, 0.3) is 0 Å². The molecule has 1 heterocycles. The Morgan fingerprint density at radius 1 is 1.38 bits per heavy atom. The summed E-state index contributed by atoms with van der Waals surface area (Å²) in [4.78, 5) is 2.24. The highest BCUT2D eigenvalue weighted by atomic mass is 15.2. The van der Waals surface area contributed by atoms with Gasteiger partial charge in [-0.3, -0.25) is 4.90 Å². The average molecular weight is 215 g/mol. The Balaban J connectivity index is 2.18. The van der Waals surface area contributed by atoms with Crippen LogP contribution in [0.2, 0.25) is 0 Å². The lowest BCUT2D eigenvalue weighted by Crippen LogP contribution is -2.44. The number of rotatable bonds is 2. The minimum Gasteiger partial charge on any atom is -0.314 e. The maximum absolute atomic E-state index is 9.31. The van der Waals surface area contributed by atoms with E-state index in [0.29, 0.717) is 0 Å². The van der Waals surface area contributed by atoms with E-state index in [9.17, 15) is 5.26 Å². The molecule has 2 rings (SSSR count).